The quantitative estimate of drug-likeness (QED) is 0.660. The summed E-state index contributed by atoms with van der Waals surface area (Å²) in [5.41, 5.74) is 0. The minimum atomic E-state index is -5.50. The maximum Gasteiger partial charge on any atom is 0.379 e. The topological polar surface area (TPSA) is 29.5 Å². The van der Waals surface area contributed by atoms with Gasteiger partial charge in [-0.25, -0.2) is 0 Å². The first-order chi connectivity index (χ1) is 5.56. The Labute approximate surface area is 68.1 Å². The summed E-state index contributed by atoms with van der Waals surface area (Å²) in [4.78, 5) is 0. The van der Waals surface area contributed by atoms with E-state index in [9.17, 15) is 26.3 Å². The summed E-state index contributed by atoms with van der Waals surface area (Å²) in [5, 5.41) is 8.10. The van der Waals surface area contributed by atoms with Crippen LogP contribution in [0.2, 0.25) is 0 Å². The Bertz CT molecular complexity index is 219. The Kier molecular flexibility index (Phi) is 1.72. The summed E-state index contributed by atoms with van der Waals surface area (Å²) in [5.74, 6) is -20.6. The lowest BCUT2D eigenvalue weighted by Crippen LogP contribution is -2.86. The Morgan fingerprint density at radius 1 is 0.923 bits per heavy atom. The van der Waals surface area contributed by atoms with Gasteiger partial charge in [-0.3, -0.25) is 0 Å². The fourth-order valence-corrected chi connectivity index (χ4v) is 1.02. The number of methoxy groups -OCH3 is 1. The molecular weight excluding hydrogens is 206 g/mol. The van der Waals surface area contributed by atoms with Crippen LogP contribution in [0.25, 0.3) is 0 Å². The molecule has 0 heterocycles. The van der Waals surface area contributed by atoms with Crippen LogP contribution in [0.3, 0.4) is 0 Å². The lowest BCUT2D eigenvalue weighted by Gasteiger charge is -2.53. The standard InChI is InChI=1S/C5H4F6O2/c1-13-5(11)3(8,9)2(6,7)4(5,10)12/h12H,1H3. The third kappa shape index (κ3) is 0.700. The summed E-state index contributed by atoms with van der Waals surface area (Å²) in [6.07, 6.45) is 0. The second-order valence-corrected chi connectivity index (χ2v) is 2.57. The van der Waals surface area contributed by atoms with Crippen LogP contribution in [-0.4, -0.2) is 35.8 Å². The van der Waals surface area contributed by atoms with Gasteiger partial charge in [0.25, 0.3) is 0 Å². The zero-order valence-electron chi connectivity index (χ0n) is 6.12. The summed E-state index contributed by atoms with van der Waals surface area (Å²) in [7, 11) is 0.244. The van der Waals surface area contributed by atoms with Crippen molar-refractivity contribution in [1.82, 2.24) is 0 Å². The Morgan fingerprint density at radius 2 is 1.31 bits per heavy atom. The van der Waals surface area contributed by atoms with Crippen molar-refractivity contribution in [2.45, 2.75) is 23.6 Å². The van der Waals surface area contributed by atoms with Crippen LogP contribution in [0.1, 0.15) is 0 Å². The molecule has 8 heteroatoms. The van der Waals surface area contributed by atoms with E-state index in [-0.39, 0.29) is 7.11 Å². The van der Waals surface area contributed by atoms with Gasteiger partial charge in [0.2, 0.25) is 0 Å². The minimum Gasteiger partial charge on any atom is -0.352 e. The Morgan fingerprint density at radius 3 is 1.46 bits per heavy atom. The monoisotopic (exact) mass is 210 g/mol. The van der Waals surface area contributed by atoms with E-state index in [1.54, 1.807) is 0 Å². The van der Waals surface area contributed by atoms with Crippen LogP contribution in [0.5, 0.6) is 0 Å². The first-order valence-corrected chi connectivity index (χ1v) is 2.97. The van der Waals surface area contributed by atoms with Crippen molar-refractivity contribution in [3.63, 3.8) is 0 Å². The van der Waals surface area contributed by atoms with Gasteiger partial charge in [-0.05, 0) is 0 Å². The van der Waals surface area contributed by atoms with Crippen LogP contribution in [0.15, 0.2) is 0 Å². The van der Waals surface area contributed by atoms with Gasteiger partial charge in [0.1, 0.15) is 0 Å². The molecule has 78 valence electrons. The molecule has 1 rings (SSSR count). The summed E-state index contributed by atoms with van der Waals surface area (Å²) in [6, 6.07) is 0. The molecular formula is C5H4F6O2. The van der Waals surface area contributed by atoms with Gasteiger partial charge in [-0.15, -0.1) is 0 Å². The van der Waals surface area contributed by atoms with Crippen molar-refractivity contribution >= 4 is 0 Å². The minimum absolute atomic E-state index is 0.244. The van der Waals surface area contributed by atoms with E-state index in [2.05, 4.69) is 4.74 Å². The normalized spacial score (nSPS) is 47.1. The van der Waals surface area contributed by atoms with Crippen molar-refractivity contribution in [3.8, 4) is 0 Å². The molecule has 2 nitrogen and oxygen atoms in total. The van der Waals surface area contributed by atoms with Gasteiger partial charge in [-0.2, -0.15) is 26.3 Å². The second kappa shape index (κ2) is 2.11. The molecule has 1 N–H and O–H groups in total. The van der Waals surface area contributed by atoms with E-state index in [1.807, 2.05) is 0 Å². The molecule has 0 saturated heterocycles. The highest BCUT2D eigenvalue weighted by Gasteiger charge is 3.00. The van der Waals surface area contributed by atoms with E-state index in [1.165, 1.54) is 0 Å². The largest absolute Gasteiger partial charge is 0.379 e. The van der Waals surface area contributed by atoms with Crippen LogP contribution in [0, 0.1) is 0 Å². The lowest BCUT2D eigenvalue weighted by atomic mass is 9.77. The number of aliphatic hydroxyl groups is 1. The molecule has 0 aromatic rings. The molecule has 0 aliphatic heterocycles. The van der Waals surface area contributed by atoms with E-state index < -0.39 is 23.6 Å². The molecule has 1 aliphatic carbocycles. The van der Waals surface area contributed by atoms with Crippen molar-refractivity contribution in [1.29, 1.82) is 0 Å². The average molecular weight is 210 g/mol. The Balaban J connectivity index is 3.18. The van der Waals surface area contributed by atoms with E-state index >= 15 is 0 Å². The molecule has 1 aliphatic rings. The predicted molar refractivity (Wildman–Crippen MR) is 26.8 cm³/mol. The first-order valence-electron chi connectivity index (χ1n) is 2.97. The molecule has 1 saturated carbocycles. The third-order valence-electron chi connectivity index (χ3n) is 1.92. The molecule has 0 amide bonds. The van der Waals surface area contributed by atoms with E-state index in [0.717, 1.165) is 0 Å². The van der Waals surface area contributed by atoms with Crippen LogP contribution in [0.4, 0.5) is 26.3 Å². The third-order valence-corrected chi connectivity index (χ3v) is 1.92. The maximum absolute atomic E-state index is 12.6. The number of ether oxygens (including phenoxy) is 1. The Hall–Kier alpha value is -0.500. The lowest BCUT2D eigenvalue weighted by molar-refractivity contribution is -0.546. The van der Waals surface area contributed by atoms with Crippen LogP contribution in [-0.2, 0) is 4.74 Å². The molecule has 0 radical (unpaired) electrons. The summed E-state index contributed by atoms with van der Waals surface area (Å²) in [6.45, 7) is 0. The molecule has 0 spiro atoms. The number of halogens is 6. The average Bonchev–Trinajstić information content (AvgIpc) is 2.00. The van der Waals surface area contributed by atoms with Gasteiger partial charge < -0.3 is 9.84 Å². The maximum atomic E-state index is 12.6. The van der Waals surface area contributed by atoms with Crippen molar-refractivity contribution < 1.29 is 36.2 Å². The first kappa shape index (κ1) is 10.6. The zero-order chi connectivity index (χ0) is 10.7. The number of hydrogen-bond donors (Lipinski definition) is 1. The SMILES string of the molecule is COC1(F)C(O)(F)C(F)(F)C1(F)F. The van der Waals surface area contributed by atoms with Crippen molar-refractivity contribution in [2.75, 3.05) is 7.11 Å². The number of rotatable bonds is 1. The molecule has 13 heavy (non-hydrogen) atoms. The molecule has 0 aromatic heterocycles. The smallest absolute Gasteiger partial charge is 0.352 e. The molecule has 0 bridgehead atoms. The van der Waals surface area contributed by atoms with Gasteiger partial charge in [0, 0.05) is 7.11 Å². The number of hydrogen-bond acceptors (Lipinski definition) is 2. The van der Waals surface area contributed by atoms with Gasteiger partial charge in [0.15, 0.2) is 0 Å². The molecule has 2 unspecified atom stereocenters. The highest BCUT2D eigenvalue weighted by atomic mass is 19.3. The number of alkyl halides is 6. The predicted octanol–water partition coefficient (Wildman–Crippen LogP) is 1.24. The second-order valence-electron chi connectivity index (χ2n) is 2.57. The van der Waals surface area contributed by atoms with Gasteiger partial charge in [-0.1, -0.05) is 0 Å². The molecule has 2 atom stereocenters. The highest BCUT2D eigenvalue weighted by Crippen LogP contribution is 2.66. The van der Waals surface area contributed by atoms with Crippen LogP contribution >= 0.6 is 0 Å². The highest BCUT2D eigenvalue weighted by molar-refractivity contribution is 5.22. The zero-order valence-corrected chi connectivity index (χ0v) is 6.12. The fourth-order valence-electron chi connectivity index (χ4n) is 1.02. The van der Waals surface area contributed by atoms with Gasteiger partial charge >= 0.3 is 23.6 Å². The molecule has 0 aromatic carbocycles. The fraction of sp³-hybridized carbons (Fsp3) is 1.00. The van der Waals surface area contributed by atoms with Crippen molar-refractivity contribution in [2.24, 2.45) is 0 Å². The van der Waals surface area contributed by atoms with Crippen molar-refractivity contribution in [3.05, 3.63) is 0 Å². The summed E-state index contributed by atoms with van der Waals surface area (Å²) >= 11 is 0. The van der Waals surface area contributed by atoms with Gasteiger partial charge in [0.05, 0.1) is 0 Å². The summed E-state index contributed by atoms with van der Waals surface area (Å²) < 4.78 is 76.8. The van der Waals surface area contributed by atoms with E-state index in [0.29, 0.717) is 0 Å². The molecule has 1 fully saturated rings. The van der Waals surface area contributed by atoms with Crippen LogP contribution < -0.4 is 0 Å². The van der Waals surface area contributed by atoms with E-state index in [4.69, 9.17) is 5.11 Å².